The number of aromatic hydroxyl groups is 1. The molecule has 0 saturated heterocycles. The predicted molar refractivity (Wildman–Crippen MR) is 96.6 cm³/mol. The number of halogens is 1. The third-order valence-corrected chi connectivity index (χ3v) is 4.11. The molecule has 2 aromatic carbocycles. The van der Waals surface area contributed by atoms with Crippen LogP contribution in [0.5, 0.6) is 17.2 Å². The lowest BCUT2D eigenvalue weighted by molar-refractivity contribution is 0.264. The molecule has 3 nitrogen and oxygen atoms in total. The first-order valence-electron chi connectivity index (χ1n) is 7.93. The molecule has 0 aliphatic carbocycles. The Morgan fingerprint density at radius 2 is 1.65 bits per heavy atom. The quantitative estimate of drug-likeness (QED) is 0.636. The maximum absolute atomic E-state index is 9.64. The van der Waals surface area contributed by atoms with Crippen molar-refractivity contribution in [1.29, 1.82) is 0 Å². The van der Waals surface area contributed by atoms with E-state index in [1.165, 1.54) is 0 Å². The highest BCUT2D eigenvalue weighted by molar-refractivity contribution is 9.10. The first kappa shape index (κ1) is 17.7. The van der Waals surface area contributed by atoms with Crippen molar-refractivity contribution in [3.63, 3.8) is 0 Å². The van der Waals surface area contributed by atoms with Gasteiger partial charge < -0.3 is 14.6 Å². The molecule has 0 atom stereocenters. The van der Waals surface area contributed by atoms with Crippen molar-refractivity contribution in [3.05, 3.63) is 52.0 Å². The second-order valence-electron chi connectivity index (χ2n) is 5.46. The Bertz CT molecular complexity index is 623. The van der Waals surface area contributed by atoms with Crippen LogP contribution in [0.1, 0.15) is 30.9 Å². The lowest BCUT2D eigenvalue weighted by Gasteiger charge is -2.14. The molecule has 2 aromatic rings. The van der Waals surface area contributed by atoms with Crippen molar-refractivity contribution in [1.82, 2.24) is 0 Å². The summed E-state index contributed by atoms with van der Waals surface area (Å²) in [6, 6.07) is 11.4. The van der Waals surface area contributed by atoms with Gasteiger partial charge >= 0.3 is 0 Å². The zero-order chi connectivity index (χ0) is 16.7. The number of hydrogen-bond donors (Lipinski definition) is 1. The number of rotatable bonds is 8. The van der Waals surface area contributed by atoms with Crippen molar-refractivity contribution in [2.24, 2.45) is 0 Å². The number of benzene rings is 2. The molecule has 0 aromatic heterocycles. The van der Waals surface area contributed by atoms with Crippen LogP contribution in [0.3, 0.4) is 0 Å². The summed E-state index contributed by atoms with van der Waals surface area (Å²) >= 11 is 3.40. The van der Waals surface area contributed by atoms with Gasteiger partial charge in [-0.1, -0.05) is 22.9 Å². The summed E-state index contributed by atoms with van der Waals surface area (Å²) in [7, 11) is 0. The molecule has 2 rings (SSSR count). The van der Waals surface area contributed by atoms with E-state index in [2.05, 4.69) is 22.9 Å². The fourth-order valence-corrected chi connectivity index (χ4v) is 2.66. The Labute approximate surface area is 146 Å². The number of aryl methyl sites for hydroxylation is 2. The lowest BCUT2D eigenvalue weighted by atomic mass is 10.1. The average Bonchev–Trinajstić information content (AvgIpc) is 2.53. The Hall–Kier alpha value is -1.68. The van der Waals surface area contributed by atoms with Crippen LogP contribution in [0.2, 0.25) is 0 Å². The van der Waals surface area contributed by atoms with Gasteiger partial charge in [0, 0.05) is 4.47 Å². The van der Waals surface area contributed by atoms with Crippen LogP contribution in [0, 0.1) is 6.92 Å². The van der Waals surface area contributed by atoms with Crippen molar-refractivity contribution in [3.8, 4) is 17.2 Å². The highest BCUT2D eigenvalue weighted by Gasteiger charge is 2.08. The van der Waals surface area contributed by atoms with Gasteiger partial charge in [-0.05, 0) is 73.7 Å². The van der Waals surface area contributed by atoms with Crippen molar-refractivity contribution >= 4 is 15.9 Å². The molecule has 0 aliphatic rings. The van der Waals surface area contributed by atoms with Crippen molar-refractivity contribution < 1.29 is 14.6 Å². The monoisotopic (exact) mass is 378 g/mol. The van der Waals surface area contributed by atoms with E-state index >= 15 is 0 Å². The summed E-state index contributed by atoms with van der Waals surface area (Å²) in [6.45, 7) is 5.36. The molecule has 0 heterocycles. The molecule has 0 unspecified atom stereocenters. The van der Waals surface area contributed by atoms with E-state index in [9.17, 15) is 5.11 Å². The van der Waals surface area contributed by atoms with E-state index in [0.717, 1.165) is 46.4 Å². The third kappa shape index (κ3) is 5.47. The molecule has 0 radical (unpaired) electrons. The van der Waals surface area contributed by atoms with Gasteiger partial charge in [0.1, 0.15) is 17.2 Å². The molecule has 0 fully saturated rings. The third-order valence-electron chi connectivity index (χ3n) is 3.58. The van der Waals surface area contributed by atoms with E-state index < -0.39 is 0 Å². The number of phenolic OH excluding ortho intramolecular Hbond substituents is 1. The molecule has 1 N–H and O–H groups in total. The summed E-state index contributed by atoms with van der Waals surface area (Å²) in [5.74, 6) is 2.09. The Balaban J connectivity index is 1.72. The molecule has 4 heteroatoms. The minimum Gasteiger partial charge on any atom is -0.508 e. The van der Waals surface area contributed by atoms with E-state index in [1.807, 2.05) is 31.2 Å². The van der Waals surface area contributed by atoms with Crippen LogP contribution in [0.4, 0.5) is 0 Å². The number of ether oxygens (including phenoxy) is 2. The van der Waals surface area contributed by atoms with E-state index in [-0.39, 0.29) is 0 Å². The smallest absolute Gasteiger partial charge is 0.125 e. The molecule has 0 saturated carbocycles. The summed E-state index contributed by atoms with van der Waals surface area (Å²) in [4.78, 5) is 0. The van der Waals surface area contributed by atoms with Gasteiger partial charge in [-0.15, -0.1) is 0 Å². The van der Waals surface area contributed by atoms with Crippen LogP contribution in [0.25, 0.3) is 0 Å². The second-order valence-corrected chi connectivity index (χ2v) is 6.38. The maximum atomic E-state index is 9.64. The zero-order valence-electron chi connectivity index (χ0n) is 13.6. The van der Waals surface area contributed by atoms with Crippen LogP contribution in [0.15, 0.2) is 40.9 Å². The van der Waals surface area contributed by atoms with Gasteiger partial charge in [-0.3, -0.25) is 0 Å². The molecule has 0 amide bonds. The highest BCUT2D eigenvalue weighted by atomic mass is 79.9. The fraction of sp³-hybridized carbons (Fsp3) is 0.368. The zero-order valence-corrected chi connectivity index (χ0v) is 15.2. The van der Waals surface area contributed by atoms with Gasteiger partial charge in [-0.2, -0.15) is 0 Å². The van der Waals surface area contributed by atoms with Crippen LogP contribution >= 0.6 is 15.9 Å². The van der Waals surface area contributed by atoms with Crippen LogP contribution in [-0.2, 0) is 6.42 Å². The number of unbranched alkanes of at least 4 members (excludes halogenated alkanes) is 1. The standard InChI is InChI=1S/C19H23BrO3/c1-3-15-13-17(21)12-14(2)19(15)23-11-5-4-10-22-18-8-6-16(20)7-9-18/h6-9,12-13,21H,3-5,10-11H2,1-2H3. The summed E-state index contributed by atoms with van der Waals surface area (Å²) in [6.07, 6.45) is 2.71. The Kier molecular flexibility index (Phi) is 6.78. The van der Waals surface area contributed by atoms with Crippen LogP contribution < -0.4 is 9.47 Å². The second kappa shape index (κ2) is 8.82. The minimum absolute atomic E-state index is 0.301. The summed E-state index contributed by atoms with van der Waals surface area (Å²) in [5.41, 5.74) is 2.03. The average molecular weight is 379 g/mol. The molecule has 0 bridgehead atoms. The van der Waals surface area contributed by atoms with Gasteiger partial charge in [0.25, 0.3) is 0 Å². The normalized spacial score (nSPS) is 10.6. The van der Waals surface area contributed by atoms with Gasteiger partial charge in [0.15, 0.2) is 0 Å². The molecule has 0 aliphatic heterocycles. The lowest BCUT2D eigenvalue weighted by Crippen LogP contribution is -2.04. The highest BCUT2D eigenvalue weighted by Crippen LogP contribution is 2.29. The fourth-order valence-electron chi connectivity index (χ4n) is 2.39. The Morgan fingerprint density at radius 3 is 2.30 bits per heavy atom. The number of phenols is 1. The van der Waals surface area contributed by atoms with E-state index in [0.29, 0.717) is 19.0 Å². The summed E-state index contributed by atoms with van der Waals surface area (Å²) in [5, 5.41) is 9.64. The first-order valence-corrected chi connectivity index (χ1v) is 8.73. The van der Waals surface area contributed by atoms with Gasteiger partial charge in [0.05, 0.1) is 13.2 Å². The van der Waals surface area contributed by atoms with Crippen LogP contribution in [-0.4, -0.2) is 18.3 Å². The van der Waals surface area contributed by atoms with Crippen molar-refractivity contribution in [2.75, 3.05) is 13.2 Å². The molecule has 23 heavy (non-hydrogen) atoms. The Morgan fingerprint density at radius 1 is 1.00 bits per heavy atom. The largest absolute Gasteiger partial charge is 0.508 e. The number of hydrogen-bond acceptors (Lipinski definition) is 3. The predicted octanol–water partition coefficient (Wildman–Crippen LogP) is 5.26. The van der Waals surface area contributed by atoms with Crippen molar-refractivity contribution in [2.45, 2.75) is 33.1 Å². The molecule has 0 spiro atoms. The molecular formula is C19H23BrO3. The van der Waals surface area contributed by atoms with E-state index in [4.69, 9.17) is 9.47 Å². The van der Waals surface area contributed by atoms with Gasteiger partial charge in [-0.25, -0.2) is 0 Å². The van der Waals surface area contributed by atoms with Gasteiger partial charge in [0.2, 0.25) is 0 Å². The molecular weight excluding hydrogens is 356 g/mol. The topological polar surface area (TPSA) is 38.7 Å². The molecule has 124 valence electrons. The first-order chi connectivity index (χ1) is 11.1. The van der Waals surface area contributed by atoms with E-state index in [1.54, 1.807) is 12.1 Å². The SMILES string of the molecule is CCc1cc(O)cc(C)c1OCCCCOc1ccc(Br)cc1. The minimum atomic E-state index is 0.301. The maximum Gasteiger partial charge on any atom is 0.125 e. The summed E-state index contributed by atoms with van der Waals surface area (Å²) < 4.78 is 12.6.